The van der Waals surface area contributed by atoms with Crippen LogP contribution in [0.4, 0.5) is 0 Å². The van der Waals surface area contributed by atoms with Gasteiger partial charge in [-0.05, 0) is 13.0 Å². The zero-order valence-corrected chi connectivity index (χ0v) is 13.1. The summed E-state index contributed by atoms with van der Waals surface area (Å²) < 4.78 is 5.14. The Balaban J connectivity index is 2.54. The Kier molecular flexibility index (Phi) is 6.10. The number of carbonyl (C=O) groups is 2. The van der Waals surface area contributed by atoms with Crippen molar-refractivity contribution in [1.29, 1.82) is 0 Å². The Morgan fingerprint density at radius 1 is 1.24 bits per heavy atom. The number of carboxylic acids is 1. The predicted octanol–water partition coefficient (Wildman–Crippen LogP) is 1.98. The first-order valence-electron chi connectivity index (χ1n) is 5.63. The molecule has 0 heterocycles. The number of nitrogens with one attached hydrogen (secondary N) is 1. The fourth-order valence-electron chi connectivity index (χ4n) is 1.16. The van der Waals surface area contributed by atoms with Crippen molar-refractivity contribution < 1.29 is 24.5 Å². The minimum absolute atomic E-state index is 0.159. The van der Waals surface area contributed by atoms with Crippen molar-refractivity contribution >= 4 is 46.7 Å². The normalized spacial score (nSPS) is 13.4. The van der Waals surface area contributed by atoms with E-state index in [2.05, 4.69) is 5.32 Å². The molecule has 116 valence electrons. The van der Waals surface area contributed by atoms with E-state index in [4.69, 9.17) is 44.6 Å². The zero-order chi connectivity index (χ0) is 16.2. The van der Waals surface area contributed by atoms with Crippen molar-refractivity contribution in [3.8, 4) is 5.75 Å². The summed E-state index contributed by atoms with van der Waals surface area (Å²) in [6.07, 6.45) is 0. The van der Waals surface area contributed by atoms with Crippen LogP contribution in [0, 0.1) is 0 Å². The molecule has 0 fully saturated rings. The Labute approximate surface area is 135 Å². The maximum atomic E-state index is 11.5. The zero-order valence-electron chi connectivity index (χ0n) is 10.8. The number of aliphatic hydroxyl groups is 1. The number of rotatable bonds is 6. The van der Waals surface area contributed by atoms with Gasteiger partial charge in [0.25, 0.3) is 5.91 Å². The van der Waals surface area contributed by atoms with Crippen LogP contribution in [-0.2, 0) is 9.59 Å². The Hall–Kier alpha value is -1.21. The SMILES string of the molecule is CC(O)(CNC(=O)COc1cc(Cl)c(Cl)cc1Cl)C(=O)O. The number of aliphatic carboxylic acids is 1. The monoisotopic (exact) mass is 355 g/mol. The molecule has 0 radical (unpaired) electrons. The van der Waals surface area contributed by atoms with Crippen LogP contribution in [-0.4, -0.2) is 40.8 Å². The molecular weight excluding hydrogens is 344 g/mol. The van der Waals surface area contributed by atoms with Crippen LogP contribution in [0.5, 0.6) is 5.75 Å². The molecule has 21 heavy (non-hydrogen) atoms. The average molecular weight is 357 g/mol. The van der Waals surface area contributed by atoms with E-state index in [1.807, 2.05) is 0 Å². The summed E-state index contributed by atoms with van der Waals surface area (Å²) in [4.78, 5) is 22.2. The highest BCUT2D eigenvalue weighted by Gasteiger charge is 2.30. The summed E-state index contributed by atoms with van der Waals surface area (Å²) in [5, 5.41) is 21.0. The minimum atomic E-state index is -2.06. The van der Waals surface area contributed by atoms with Crippen molar-refractivity contribution in [2.45, 2.75) is 12.5 Å². The summed E-state index contributed by atoms with van der Waals surface area (Å²) in [6.45, 7) is 0.180. The molecule has 0 bridgehead atoms. The third-order valence-corrected chi connectivity index (χ3v) is 3.44. The van der Waals surface area contributed by atoms with Crippen molar-refractivity contribution in [3.05, 3.63) is 27.2 Å². The van der Waals surface area contributed by atoms with Gasteiger partial charge in [-0.1, -0.05) is 34.8 Å². The fraction of sp³-hybridized carbons (Fsp3) is 0.333. The highest BCUT2D eigenvalue weighted by atomic mass is 35.5. The molecule has 9 heteroatoms. The topological polar surface area (TPSA) is 95.9 Å². The molecule has 0 aliphatic rings. The predicted molar refractivity (Wildman–Crippen MR) is 78.2 cm³/mol. The fourth-order valence-corrected chi connectivity index (χ4v) is 1.75. The second-order valence-electron chi connectivity index (χ2n) is 4.34. The van der Waals surface area contributed by atoms with Crippen molar-refractivity contribution in [1.82, 2.24) is 5.32 Å². The summed E-state index contributed by atoms with van der Waals surface area (Å²) >= 11 is 17.4. The molecule has 0 saturated heterocycles. The summed E-state index contributed by atoms with van der Waals surface area (Å²) in [5.41, 5.74) is -2.06. The van der Waals surface area contributed by atoms with Gasteiger partial charge in [-0.15, -0.1) is 0 Å². The van der Waals surface area contributed by atoms with Crippen LogP contribution in [0.2, 0.25) is 15.1 Å². The van der Waals surface area contributed by atoms with Gasteiger partial charge in [-0.2, -0.15) is 0 Å². The van der Waals surface area contributed by atoms with Gasteiger partial charge < -0.3 is 20.3 Å². The van der Waals surface area contributed by atoms with Gasteiger partial charge in [0.05, 0.1) is 21.6 Å². The van der Waals surface area contributed by atoms with Gasteiger partial charge in [0, 0.05) is 6.07 Å². The molecule has 0 saturated carbocycles. The number of benzene rings is 1. The largest absolute Gasteiger partial charge is 0.482 e. The van der Waals surface area contributed by atoms with Gasteiger partial charge in [0.15, 0.2) is 12.2 Å². The number of amides is 1. The molecule has 0 aromatic heterocycles. The van der Waals surface area contributed by atoms with E-state index < -0.39 is 30.6 Å². The highest BCUT2D eigenvalue weighted by Crippen LogP contribution is 2.33. The summed E-state index contributed by atoms with van der Waals surface area (Å²) in [5.74, 6) is -1.92. The lowest BCUT2D eigenvalue weighted by atomic mass is 10.1. The van der Waals surface area contributed by atoms with E-state index >= 15 is 0 Å². The van der Waals surface area contributed by atoms with Gasteiger partial charge in [0.1, 0.15) is 5.75 Å². The lowest BCUT2D eigenvalue weighted by Gasteiger charge is -2.18. The lowest BCUT2D eigenvalue weighted by molar-refractivity contribution is -0.156. The molecule has 0 aliphatic carbocycles. The standard InChI is InChI=1S/C12H12Cl3NO5/c1-12(20,11(18)19)5-16-10(17)4-21-9-3-7(14)6(13)2-8(9)15/h2-3,20H,4-5H2,1H3,(H,16,17)(H,18,19). The quantitative estimate of drug-likeness (QED) is 0.677. The third-order valence-electron chi connectivity index (χ3n) is 2.42. The third kappa shape index (κ3) is 5.24. The van der Waals surface area contributed by atoms with Gasteiger partial charge in [-0.3, -0.25) is 4.79 Å². The van der Waals surface area contributed by atoms with Crippen LogP contribution in [0.25, 0.3) is 0 Å². The van der Waals surface area contributed by atoms with Gasteiger partial charge in [-0.25, -0.2) is 4.79 Å². The molecule has 1 rings (SSSR count). The smallest absolute Gasteiger partial charge is 0.337 e. The second kappa shape index (κ2) is 7.17. The maximum absolute atomic E-state index is 11.5. The Morgan fingerprint density at radius 2 is 1.81 bits per heavy atom. The summed E-state index contributed by atoms with van der Waals surface area (Å²) in [6, 6.07) is 2.72. The van der Waals surface area contributed by atoms with E-state index in [1.165, 1.54) is 12.1 Å². The number of carbonyl (C=O) groups excluding carboxylic acids is 1. The van der Waals surface area contributed by atoms with Crippen LogP contribution >= 0.6 is 34.8 Å². The first-order valence-corrected chi connectivity index (χ1v) is 6.76. The van der Waals surface area contributed by atoms with Crippen molar-refractivity contribution in [3.63, 3.8) is 0 Å². The average Bonchev–Trinajstić information content (AvgIpc) is 2.39. The summed E-state index contributed by atoms with van der Waals surface area (Å²) in [7, 11) is 0. The van der Waals surface area contributed by atoms with Gasteiger partial charge >= 0.3 is 5.97 Å². The van der Waals surface area contributed by atoms with Crippen molar-refractivity contribution in [2.75, 3.05) is 13.2 Å². The molecule has 1 aromatic carbocycles. The minimum Gasteiger partial charge on any atom is -0.482 e. The number of hydrogen-bond acceptors (Lipinski definition) is 4. The van der Waals surface area contributed by atoms with E-state index in [0.717, 1.165) is 6.92 Å². The van der Waals surface area contributed by atoms with Crippen LogP contribution in [0.1, 0.15) is 6.92 Å². The molecule has 1 aromatic rings. The first kappa shape index (κ1) is 17.8. The molecule has 1 amide bonds. The molecular formula is C12H12Cl3NO5. The van der Waals surface area contributed by atoms with E-state index in [-0.39, 0.29) is 20.8 Å². The second-order valence-corrected chi connectivity index (χ2v) is 5.56. The molecule has 0 aliphatic heterocycles. The molecule has 1 unspecified atom stereocenters. The number of carboxylic acid groups (broad SMARTS) is 1. The van der Waals surface area contributed by atoms with Crippen LogP contribution in [0.15, 0.2) is 12.1 Å². The van der Waals surface area contributed by atoms with Crippen LogP contribution < -0.4 is 10.1 Å². The van der Waals surface area contributed by atoms with Gasteiger partial charge in [0.2, 0.25) is 0 Å². The van der Waals surface area contributed by atoms with E-state index in [0.29, 0.717) is 0 Å². The maximum Gasteiger partial charge on any atom is 0.337 e. The number of hydrogen-bond donors (Lipinski definition) is 3. The molecule has 1 atom stereocenters. The molecule has 6 nitrogen and oxygen atoms in total. The Morgan fingerprint density at radius 3 is 2.38 bits per heavy atom. The van der Waals surface area contributed by atoms with E-state index in [1.54, 1.807) is 0 Å². The molecule has 0 spiro atoms. The lowest BCUT2D eigenvalue weighted by Crippen LogP contribution is -2.47. The molecule has 3 N–H and O–H groups in total. The van der Waals surface area contributed by atoms with Crippen molar-refractivity contribution in [2.24, 2.45) is 0 Å². The number of ether oxygens (including phenoxy) is 1. The number of halogens is 3. The first-order chi connectivity index (χ1) is 9.63. The van der Waals surface area contributed by atoms with Crippen LogP contribution in [0.3, 0.4) is 0 Å². The highest BCUT2D eigenvalue weighted by molar-refractivity contribution is 6.43. The Bertz CT molecular complexity index is 562. The van der Waals surface area contributed by atoms with E-state index in [9.17, 15) is 14.7 Å².